The summed E-state index contributed by atoms with van der Waals surface area (Å²) in [7, 11) is -4.54. The Kier molecular flexibility index (Phi) is 10.9. The molecule has 0 saturated heterocycles. The predicted molar refractivity (Wildman–Crippen MR) is 171 cm³/mol. The van der Waals surface area contributed by atoms with E-state index in [4.69, 9.17) is 0 Å². The van der Waals surface area contributed by atoms with E-state index in [1.54, 1.807) is 75.4 Å². The molecule has 0 fully saturated rings. The monoisotopic (exact) mass is 651 g/mol. The Morgan fingerprint density at radius 1 is 0.804 bits per heavy atom. The number of benzene rings is 4. The molecule has 1 unspecified atom stereocenters. The van der Waals surface area contributed by atoms with E-state index >= 15 is 0 Å². The van der Waals surface area contributed by atoms with Crippen molar-refractivity contribution >= 4 is 27.5 Å². The average Bonchev–Trinajstić information content (AvgIpc) is 3.02. The first-order valence-corrected chi connectivity index (χ1v) is 16.1. The summed E-state index contributed by atoms with van der Waals surface area (Å²) < 4.78 is 70.0. The summed E-state index contributed by atoms with van der Waals surface area (Å²) in [6, 6.07) is 26.3. The van der Waals surface area contributed by atoms with Crippen LogP contribution in [0.2, 0.25) is 0 Å². The van der Waals surface area contributed by atoms with Crippen LogP contribution in [-0.4, -0.2) is 43.8 Å². The van der Waals surface area contributed by atoms with E-state index in [0.29, 0.717) is 15.9 Å². The molecule has 4 rings (SSSR count). The van der Waals surface area contributed by atoms with Gasteiger partial charge in [-0.1, -0.05) is 84.4 Å². The van der Waals surface area contributed by atoms with Crippen LogP contribution in [0.4, 0.5) is 18.9 Å². The highest BCUT2D eigenvalue weighted by Gasteiger charge is 2.36. The van der Waals surface area contributed by atoms with Crippen molar-refractivity contribution in [2.24, 2.45) is 0 Å². The van der Waals surface area contributed by atoms with Crippen LogP contribution in [0.3, 0.4) is 0 Å². The lowest BCUT2D eigenvalue weighted by molar-refractivity contribution is -0.140. The molecule has 1 atom stereocenters. The fourth-order valence-electron chi connectivity index (χ4n) is 4.92. The number of carbonyl (C=O) groups excluding carboxylic acids is 2. The zero-order chi connectivity index (χ0) is 33.5. The number of sulfonamides is 1. The fraction of sp³-hybridized carbons (Fsp3) is 0.257. The molecule has 4 aromatic rings. The number of hydrogen-bond acceptors (Lipinski definition) is 4. The number of nitrogens with one attached hydrogen (secondary N) is 1. The maximum atomic E-state index is 14.4. The number of halogens is 3. The Morgan fingerprint density at radius 2 is 1.39 bits per heavy atom. The maximum absolute atomic E-state index is 14.4. The number of rotatable bonds is 12. The average molecular weight is 652 g/mol. The van der Waals surface area contributed by atoms with Gasteiger partial charge in [-0.05, 0) is 62.2 Å². The number of amides is 2. The minimum absolute atomic E-state index is 0.0519. The van der Waals surface area contributed by atoms with Crippen LogP contribution in [0, 0.1) is 6.92 Å². The zero-order valence-corrected chi connectivity index (χ0v) is 26.6. The predicted octanol–water partition coefficient (Wildman–Crippen LogP) is 6.37. The Balaban J connectivity index is 1.83. The Hall–Kier alpha value is -4.64. The number of aryl methyl sites for hydroxylation is 1. The molecule has 0 aliphatic rings. The Bertz CT molecular complexity index is 1730. The number of nitrogens with zero attached hydrogens (tertiary/aromatic N) is 2. The molecule has 46 heavy (non-hydrogen) atoms. The quantitative estimate of drug-likeness (QED) is 0.193. The number of hydrogen-bond donors (Lipinski definition) is 1. The van der Waals surface area contributed by atoms with E-state index in [0.717, 1.165) is 23.3 Å². The van der Waals surface area contributed by atoms with Gasteiger partial charge in [0, 0.05) is 19.0 Å². The molecule has 0 aromatic heterocycles. The van der Waals surface area contributed by atoms with Crippen molar-refractivity contribution in [3.8, 4) is 0 Å². The van der Waals surface area contributed by atoms with E-state index < -0.39 is 46.2 Å². The van der Waals surface area contributed by atoms with Crippen molar-refractivity contribution < 1.29 is 31.2 Å². The Morgan fingerprint density at radius 3 is 1.96 bits per heavy atom. The van der Waals surface area contributed by atoms with Gasteiger partial charge in [-0.2, -0.15) is 13.2 Å². The molecule has 4 aromatic carbocycles. The standard InChI is InChI=1S/C35H36F3N3O4S/c1-25(2)39-34(43)32(21-27-11-6-4-7-12-27)40(23-28-13-8-5-9-14-28)33(42)24-41(30-16-10-15-29(22-30)35(36,37)38)46(44,45)31-19-17-26(3)18-20-31/h4-20,22,25,32H,21,23-24H2,1-3H3,(H,39,43). The summed E-state index contributed by atoms with van der Waals surface area (Å²) in [5.41, 5.74) is 0.808. The van der Waals surface area contributed by atoms with Gasteiger partial charge in [0.25, 0.3) is 10.0 Å². The molecule has 0 radical (unpaired) electrons. The lowest BCUT2D eigenvalue weighted by Gasteiger charge is -2.34. The van der Waals surface area contributed by atoms with Crippen LogP contribution >= 0.6 is 0 Å². The fourth-order valence-corrected chi connectivity index (χ4v) is 6.32. The molecule has 0 saturated carbocycles. The van der Waals surface area contributed by atoms with Crippen LogP contribution in [0.5, 0.6) is 0 Å². The van der Waals surface area contributed by atoms with Crippen LogP contribution in [0.15, 0.2) is 114 Å². The normalized spacial score (nSPS) is 12.4. The minimum Gasteiger partial charge on any atom is -0.352 e. The van der Waals surface area contributed by atoms with Gasteiger partial charge in [-0.15, -0.1) is 0 Å². The van der Waals surface area contributed by atoms with E-state index in [9.17, 15) is 31.2 Å². The van der Waals surface area contributed by atoms with Crippen molar-refractivity contribution in [1.29, 1.82) is 0 Å². The third kappa shape index (κ3) is 8.75. The van der Waals surface area contributed by atoms with Gasteiger partial charge in [-0.3, -0.25) is 13.9 Å². The second-order valence-corrected chi connectivity index (χ2v) is 13.1. The molecule has 0 heterocycles. The van der Waals surface area contributed by atoms with Gasteiger partial charge >= 0.3 is 6.18 Å². The number of anilines is 1. The van der Waals surface area contributed by atoms with Gasteiger partial charge in [0.2, 0.25) is 11.8 Å². The highest BCUT2D eigenvalue weighted by molar-refractivity contribution is 7.92. The van der Waals surface area contributed by atoms with Crippen LogP contribution in [0.25, 0.3) is 0 Å². The summed E-state index contributed by atoms with van der Waals surface area (Å²) in [6.45, 7) is 4.42. The first-order chi connectivity index (χ1) is 21.8. The molecule has 0 aliphatic heterocycles. The van der Waals surface area contributed by atoms with Crippen molar-refractivity contribution in [3.05, 3.63) is 131 Å². The third-order valence-corrected chi connectivity index (χ3v) is 9.04. The summed E-state index contributed by atoms with van der Waals surface area (Å²) in [5.74, 6) is -1.22. The first kappa shape index (κ1) is 34.2. The minimum atomic E-state index is -4.76. The lowest BCUT2D eigenvalue weighted by Crippen LogP contribution is -2.54. The molecule has 2 amide bonds. The summed E-state index contributed by atoms with van der Waals surface area (Å²) in [4.78, 5) is 29.2. The molecular weight excluding hydrogens is 615 g/mol. The van der Waals surface area contributed by atoms with E-state index in [2.05, 4.69) is 5.32 Å². The topological polar surface area (TPSA) is 86.8 Å². The molecule has 11 heteroatoms. The molecular formula is C35H36F3N3O4S. The highest BCUT2D eigenvalue weighted by atomic mass is 32.2. The molecule has 0 bridgehead atoms. The zero-order valence-electron chi connectivity index (χ0n) is 25.7. The van der Waals surface area contributed by atoms with Crippen LogP contribution < -0.4 is 9.62 Å². The summed E-state index contributed by atoms with van der Waals surface area (Å²) >= 11 is 0. The van der Waals surface area contributed by atoms with Gasteiger partial charge in [0.1, 0.15) is 12.6 Å². The molecule has 242 valence electrons. The smallest absolute Gasteiger partial charge is 0.352 e. The van der Waals surface area contributed by atoms with E-state index in [1.165, 1.54) is 23.1 Å². The van der Waals surface area contributed by atoms with E-state index in [1.807, 2.05) is 18.2 Å². The van der Waals surface area contributed by atoms with Gasteiger partial charge in [-0.25, -0.2) is 8.42 Å². The van der Waals surface area contributed by atoms with E-state index in [-0.39, 0.29) is 29.6 Å². The van der Waals surface area contributed by atoms with Gasteiger partial charge in [0.15, 0.2) is 0 Å². The Labute approximate surface area is 267 Å². The van der Waals surface area contributed by atoms with Crippen LogP contribution in [0.1, 0.15) is 36.1 Å². The lowest BCUT2D eigenvalue weighted by atomic mass is 10.0. The second-order valence-electron chi connectivity index (χ2n) is 11.2. The second kappa shape index (κ2) is 14.6. The third-order valence-electron chi connectivity index (χ3n) is 7.25. The summed E-state index contributed by atoms with van der Waals surface area (Å²) in [6.07, 6.45) is -4.64. The molecule has 1 N–H and O–H groups in total. The van der Waals surface area contributed by atoms with Gasteiger partial charge in [0.05, 0.1) is 16.1 Å². The number of alkyl halides is 3. The first-order valence-electron chi connectivity index (χ1n) is 14.7. The molecule has 0 aliphatic carbocycles. The largest absolute Gasteiger partial charge is 0.416 e. The van der Waals surface area contributed by atoms with Crippen molar-refractivity contribution in [2.75, 3.05) is 10.8 Å². The SMILES string of the molecule is Cc1ccc(S(=O)(=O)N(CC(=O)N(Cc2ccccc2)C(Cc2ccccc2)C(=O)NC(C)C)c2cccc(C(F)(F)F)c2)cc1. The van der Waals surface area contributed by atoms with Crippen molar-refractivity contribution in [3.63, 3.8) is 0 Å². The maximum Gasteiger partial charge on any atom is 0.416 e. The molecule has 0 spiro atoms. The van der Waals surface area contributed by atoms with Crippen LogP contribution in [-0.2, 0) is 38.8 Å². The molecule has 7 nitrogen and oxygen atoms in total. The van der Waals surface area contributed by atoms with Crippen molar-refractivity contribution in [2.45, 2.75) is 56.9 Å². The van der Waals surface area contributed by atoms with Gasteiger partial charge < -0.3 is 10.2 Å². The highest BCUT2D eigenvalue weighted by Crippen LogP contribution is 2.33. The van der Waals surface area contributed by atoms with Crippen molar-refractivity contribution in [1.82, 2.24) is 10.2 Å². The summed E-state index contributed by atoms with van der Waals surface area (Å²) in [5, 5.41) is 2.86. The number of carbonyl (C=O) groups is 2.